The molecule has 256 valence electrons. The van der Waals surface area contributed by atoms with E-state index in [-0.39, 0.29) is 0 Å². The third-order valence-electron chi connectivity index (χ3n) is 11.2. The minimum atomic E-state index is 0.989. The van der Waals surface area contributed by atoms with Gasteiger partial charge >= 0.3 is 0 Å². The Morgan fingerprint density at radius 3 is 1.55 bits per heavy atom. The van der Waals surface area contributed by atoms with Crippen molar-refractivity contribution in [2.75, 3.05) is 0 Å². The Morgan fingerprint density at radius 1 is 0.327 bits per heavy atom. The van der Waals surface area contributed by atoms with Gasteiger partial charge in [0.2, 0.25) is 0 Å². The number of fused-ring (bicyclic) bond motifs is 5. The molecule has 1 aromatic heterocycles. The molecule has 0 spiro atoms. The number of nitrogens with zero attached hydrogens (tertiary/aromatic N) is 2. The summed E-state index contributed by atoms with van der Waals surface area (Å²) < 4.78 is 2.19. The van der Waals surface area contributed by atoms with E-state index in [4.69, 9.17) is 0 Å². The Balaban J connectivity index is 1.11. The highest BCUT2D eigenvalue weighted by Gasteiger charge is 2.18. The number of hydrogen-bond acceptors (Lipinski definition) is 1. The number of rotatable bonds is 5. The van der Waals surface area contributed by atoms with E-state index in [2.05, 4.69) is 204 Å². The fourth-order valence-corrected chi connectivity index (χ4v) is 8.59. The van der Waals surface area contributed by atoms with E-state index in [1.165, 1.54) is 87.6 Å². The standard InChI is InChI=1S/C53H34N2/c1-3-13-39-31-42(27-23-35(39)11-1)52-45-16-5-6-17-46(45)53(43-28-24-36-12-2-4-14-40(36)32-43)48-33-41(29-30-47(48)52)37-21-25-38(26-22-37)44-15-7-9-19-50(44)55-34-54-49-18-8-10-20-51(49)55/h1-34H. The van der Waals surface area contributed by atoms with Gasteiger partial charge in [0.25, 0.3) is 0 Å². The Hall–Kier alpha value is -7.29. The monoisotopic (exact) mass is 698 g/mol. The number of imidazole rings is 1. The predicted molar refractivity (Wildman–Crippen MR) is 233 cm³/mol. The second-order valence-electron chi connectivity index (χ2n) is 14.4. The summed E-state index contributed by atoms with van der Waals surface area (Å²) >= 11 is 0. The van der Waals surface area contributed by atoms with E-state index in [0.29, 0.717) is 0 Å². The van der Waals surface area contributed by atoms with Gasteiger partial charge in [0.15, 0.2) is 0 Å². The average molecular weight is 699 g/mol. The van der Waals surface area contributed by atoms with Crippen molar-refractivity contribution in [2.45, 2.75) is 0 Å². The van der Waals surface area contributed by atoms with E-state index in [9.17, 15) is 0 Å². The Bertz CT molecular complexity index is 3260. The third kappa shape index (κ3) is 5.22. The van der Waals surface area contributed by atoms with Gasteiger partial charge in [-0.25, -0.2) is 4.98 Å². The first kappa shape index (κ1) is 31.3. The maximum absolute atomic E-state index is 4.67. The van der Waals surface area contributed by atoms with Crippen LogP contribution in [-0.4, -0.2) is 9.55 Å². The van der Waals surface area contributed by atoms with Crippen LogP contribution in [0.2, 0.25) is 0 Å². The molecule has 11 rings (SSSR count). The molecule has 0 bridgehead atoms. The number of benzene rings is 10. The zero-order valence-electron chi connectivity index (χ0n) is 30.0. The van der Waals surface area contributed by atoms with Crippen LogP contribution >= 0.6 is 0 Å². The van der Waals surface area contributed by atoms with Crippen LogP contribution in [0.4, 0.5) is 0 Å². The molecule has 0 atom stereocenters. The van der Waals surface area contributed by atoms with Crippen molar-refractivity contribution >= 4 is 54.1 Å². The molecule has 0 aliphatic rings. The lowest BCUT2D eigenvalue weighted by Crippen LogP contribution is -1.95. The first-order valence-electron chi connectivity index (χ1n) is 18.9. The molecule has 0 radical (unpaired) electrons. The SMILES string of the molecule is c1ccc(-n2cnc3ccccc32)c(-c2ccc(-c3ccc4c(-c5ccc6ccccc6c5)c5ccccc5c(-c5ccc6ccccc6c5)c4c3)cc2)c1. The highest BCUT2D eigenvalue weighted by molar-refractivity contribution is 6.22. The van der Waals surface area contributed by atoms with Crippen molar-refractivity contribution in [3.63, 3.8) is 0 Å². The van der Waals surface area contributed by atoms with Crippen LogP contribution in [0.5, 0.6) is 0 Å². The van der Waals surface area contributed by atoms with Crippen molar-refractivity contribution in [3.8, 4) is 50.2 Å². The first-order chi connectivity index (χ1) is 27.3. The lowest BCUT2D eigenvalue weighted by Gasteiger charge is -2.19. The second kappa shape index (κ2) is 12.7. The molecule has 11 aromatic rings. The van der Waals surface area contributed by atoms with Crippen molar-refractivity contribution in [1.82, 2.24) is 9.55 Å². The molecule has 0 saturated heterocycles. The van der Waals surface area contributed by atoms with Crippen molar-refractivity contribution < 1.29 is 0 Å². The van der Waals surface area contributed by atoms with Crippen molar-refractivity contribution in [3.05, 3.63) is 207 Å². The summed E-state index contributed by atoms with van der Waals surface area (Å²) in [5.41, 5.74) is 12.9. The van der Waals surface area contributed by atoms with Crippen molar-refractivity contribution in [2.24, 2.45) is 0 Å². The molecule has 1 heterocycles. The van der Waals surface area contributed by atoms with Gasteiger partial charge in [-0.3, -0.25) is 4.57 Å². The second-order valence-corrected chi connectivity index (χ2v) is 14.4. The van der Waals surface area contributed by atoms with Gasteiger partial charge < -0.3 is 0 Å². The van der Waals surface area contributed by atoms with Crippen LogP contribution in [0.3, 0.4) is 0 Å². The maximum Gasteiger partial charge on any atom is 0.100 e. The van der Waals surface area contributed by atoms with Crippen LogP contribution in [0.15, 0.2) is 207 Å². The summed E-state index contributed by atoms with van der Waals surface area (Å²) in [7, 11) is 0. The molecule has 2 nitrogen and oxygen atoms in total. The van der Waals surface area contributed by atoms with Crippen LogP contribution in [0.25, 0.3) is 104 Å². The molecule has 0 N–H and O–H groups in total. The summed E-state index contributed by atoms with van der Waals surface area (Å²) in [6.45, 7) is 0. The number of para-hydroxylation sites is 3. The Morgan fingerprint density at radius 2 is 0.836 bits per heavy atom. The molecule has 0 fully saturated rings. The van der Waals surface area contributed by atoms with E-state index in [0.717, 1.165) is 16.7 Å². The van der Waals surface area contributed by atoms with E-state index in [1.807, 2.05) is 12.4 Å². The minimum Gasteiger partial charge on any atom is -0.298 e. The quantitative estimate of drug-likeness (QED) is 0.164. The van der Waals surface area contributed by atoms with Gasteiger partial charge in [-0.1, -0.05) is 164 Å². The van der Waals surface area contributed by atoms with Crippen LogP contribution < -0.4 is 0 Å². The third-order valence-corrected chi connectivity index (χ3v) is 11.2. The molecule has 0 unspecified atom stereocenters. The fraction of sp³-hybridized carbons (Fsp3) is 0. The number of aromatic nitrogens is 2. The fourth-order valence-electron chi connectivity index (χ4n) is 8.59. The molecule has 10 aromatic carbocycles. The first-order valence-corrected chi connectivity index (χ1v) is 18.9. The van der Waals surface area contributed by atoms with Crippen LogP contribution in [0, 0.1) is 0 Å². The van der Waals surface area contributed by atoms with Gasteiger partial charge in [-0.15, -0.1) is 0 Å². The van der Waals surface area contributed by atoms with Crippen LogP contribution in [-0.2, 0) is 0 Å². The van der Waals surface area contributed by atoms with Gasteiger partial charge in [0.1, 0.15) is 6.33 Å². The smallest absolute Gasteiger partial charge is 0.100 e. The molecule has 55 heavy (non-hydrogen) atoms. The summed E-state index contributed by atoms with van der Waals surface area (Å²) in [4.78, 5) is 4.67. The highest BCUT2D eigenvalue weighted by atomic mass is 15.0. The predicted octanol–water partition coefficient (Wildman–Crippen LogP) is 14.3. The van der Waals surface area contributed by atoms with Gasteiger partial charge in [0, 0.05) is 5.56 Å². The van der Waals surface area contributed by atoms with E-state index in [1.54, 1.807) is 0 Å². The molecule has 0 aliphatic heterocycles. The zero-order chi connectivity index (χ0) is 36.3. The maximum atomic E-state index is 4.67. The molecule has 0 saturated carbocycles. The summed E-state index contributed by atoms with van der Waals surface area (Å²) in [6, 6.07) is 73.0. The van der Waals surface area contributed by atoms with Crippen LogP contribution in [0.1, 0.15) is 0 Å². The van der Waals surface area contributed by atoms with E-state index < -0.39 is 0 Å². The zero-order valence-corrected chi connectivity index (χ0v) is 30.0. The Labute approximate surface area is 319 Å². The lowest BCUT2D eigenvalue weighted by molar-refractivity contribution is 1.09. The molecule has 0 aliphatic carbocycles. The van der Waals surface area contributed by atoms with E-state index >= 15 is 0 Å². The summed E-state index contributed by atoms with van der Waals surface area (Å²) in [6.07, 6.45) is 1.93. The molecular weight excluding hydrogens is 665 g/mol. The number of hydrogen-bond donors (Lipinski definition) is 0. The van der Waals surface area contributed by atoms with Gasteiger partial charge in [-0.2, -0.15) is 0 Å². The topological polar surface area (TPSA) is 17.8 Å². The van der Waals surface area contributed by atoms with Gasteiger partial charge in [0.05, 0.1) is 16.7 Å². The largest absolute Gasteiger partial charge is 0.298 e. The molecule has 2 heteroatoms. The van der Waals surface area contributed by atoms with Gasteiger partial charge in [-0.05, 0) is 118 Å². The normalized spacial score (nSPS) is 11.6. The van der Waals surface area contributed by atoms with Crippen molar-refractivity contribution in [1.29, 1.82) is 0 Å². The highest BCUT2D eigenvalue weighted by Crippen LogP contribution is 2.46. The summed E-state index contributed by atoms with van der Waals surface area (Å²) in [5, 5.41) is 9.99. The Kier molecular flexibility index (Phi) is 7.21. The molecule has 0 amide bonds. The lowest BCUT2D eigenvalue weighted by atomic mass is 9.84. The summed E-state index contributed by atoms with van der Waals surface area (Å²) in [5.74, 6) is 0. The average Bonchev–Trinajstić information content (AvgIpc) is 3.69. The molecular formula is C53H34N2. The minimum absolute atomic E-state index is 0.989.